The lowest BCUT2D eigenvalue weighted by atomic mass is 10.5. The minimum absolute atomic E-state index is 0. The standard InChI is InChI=1S/C6H11NO3.ClH/c1-5(8)10-6-4-7-2-3-9-6;/h6-7H,2-4H2,1H3;1H. The lowest BCUT2D eigenvalue weighted by Crippen LogP contribution is -2.40. The van der Waals surface area contributed by atoms with E-state index in [1.54, 1.807) is 0 Å². The number of nitrogens with one attached hydrogen (secondary N) is 1. The molecular formula is C6H12ClNO3. The van der Waals surface area contributed by atoms with Gasteiger partial charge >= 0.3 is 5.97 Å². The number of carbonyl (C=O) groups excluding carboxylic acids is 1. The zero-order valence-electron chi connectivity index (χ0n) is 6.33. The highest BCUT2D eigenvalue weighted by Crippen LogP contribution is 1.97. The van der Waals surface area contributed by atoms with Gasteiger partial charge in [0, 0.05) is 13.5 Å². The van der Waals surface area contributed by atoms with E-state index in [4.69, 9.17) is 9.47 Å². The molecule has 1 rings (SSSR count). The molecule has 0 bridgehead atoms. The van der Waals surface area contributed by atoms with Crippen molar-refractivity contribution < 1.29 is 14.3 Å². The van der Waals surface area contributed by atoms with Crippen LogP contribution in [0.2, 0.25) is 0 Å². The van der Waals surface area contributed by atoms with Gasteiger partial charge in [0.05, 0.1) is 13.2 Å². The van der Waals surface area contributed by atoms with Crippen LogP contribution in [0, 0.1) is 0 Å². The highest BCUT2D eigenvalue weighted by atomic mass is 35.5. The first-order chi connectivity index (χ1) is 4.79. The average molecular weight is 182 g/mol. The summed E-state index contributed by atoms with van der Waals surface area (Å²) in [4.78, 5) is 10.4. The van der Waals surface area contributed by atoms with Crippen LogP contribution in [-0.4, -0.2) is 32.0 Å². The number of morpholine rings is 1. The van der Waals surface area contributed by atoms with Crippen LogP contribution in [0.3, 0.4) is 0 Å². The molecular weight excluding hydrogens is 170 g/mol. The minimum atomic E-state index is -0.383. The Kier molecular flexibility index (Phi) is 5.19. The van der Waals surface area contributed by atoms with Crippen molar-refractivity contribution in [1.29, 1.82) is 0 Å². The van der Waals surface area contributed by atoms with Crippen molar-refractivity contribution in [2.24, 2.45) is 0 Å². The first-order valence-electron chi connectivity index (χ1n) is 3.28. The molecule has 1 fully saturated rings. The fourth-order valence-electron chi connectivity index (χ4n) is 0.802. The Morgan fingerprint density at radius 2 is 2.45 bits per heavy atom. The molecule has 0 amide bonds. The molecule has 1 heterocycles. The predicted octanol–water partition coefficient (Wildman–Crippen LogP) is -0.0828. The fraction of sp³-hybridized carbons (Fsp3) is 0.833. The predicted molar refractivity (Wildman–Crippen MR) is 41.6 cm³/mol. The second kappa shape index (κ2) is 5.35. The number of esters is 1. The number of carbonyl (C=O) groups is 1. The van der Waals surface area contributed by atoms with Crippen LogP contribution in [0.1, 0.15) is 6.92 Å². The molecule has 0 aromatic heterocycles. The van der Waals surface area contributed by atoms with E-state index in [0.717, 1.165) is 6.54 Å². The maximum Gasteiger partial charge on any atom is 0.304 e. The molecule has 1 atom stereocenters. The van der Waals surface area contributed by atoms with E-state index in [1.165, 1.54) is 6.92 Å². The van der Waals surface area contributed by atoms with Crippen molar-refractivity contribution in [1.82, 2.24) is 5.32 Å². The van der Waals surface area contributed by atoms with Gasteiger partial charge < -0.3 is 14.8 Å². The smallest absolute Gasteiger partial charge is 0.304 e. The summed E-state index contributed by atoms with van der Waals surface area (Å²) in [5.41, 5.74) is 0. The van der Waals surface area contributed by atoms with Gasteiger partial charge in [-0.2, -0.15) is 0 Å². The summed E-state index contributed by atoms with van der Waals surface area (Å²) in [5, 5.41) is 3.04. The molecule has 5 heteroatoms. The molecule has 11 heavy (non-hydrogen) atoms. The van der Waals surface area contributed by atoms with E-state index in [1.807, 2.05) is 0 Å². The van der Waals surface area contributed by atoms with E-state index >= 15 is 0 Å². The van der Waals surface area contributed by atoms with Gasteiger partial charge in [-0.05, 0) is 0 Å². The molecule has 66 valence electrons. The van der Waals surface area contributed by atoms with Crippen molar-refractivity contribution >= 4 is 18.4 Å². The minimum Gasteiger partial charge on any atom is -0.435 e. The molecule has 1 unspecified atom stereocenters. The summed E-state index contributed by atoms with van der Waals surface area (Å²) in [6.45, 7) is 3.41. The Morgan fingerprint density at radius 3 is 2.91 bits per heavy atom. The highest BCUT2D eigenvalue weighted by Gasteiger charge is 2.14. The Bertz CT molecular complexity index is 125. The monoisotopic (exact) mass is 181 g/mol. The number of halogens is 1. The normalized spacial score (nSPS) is 23.5. The topological polar surface area (TPSA) is 47.6 Å². The van der Waals surface area contributed by atoms with Gasteiger partial charge in [-0.15, -0.1) is 12.4 Å². The second-order valence-corrected chi connectivity index (χ2v) is 2.11. The maximum absolute atomic E-state index is 10.4. The number of ether oxygens (including phenoxy) is 2. The SMILES string of the molecule is CC(=O)OC1CNCCO1.Cl. The molecule has 4 nitrogen and oxygen atoms in total. The molecule has 0 spiro atoms. The van der Waals surface area contributed by atoms with Crippen LogP contribution in [0.25, 0.3) is 0 Å². The van der Waals surface area contributed by atoms with Crippen molar-refractivity contribution in [3.05, 3.63) is 0 Å². The van der Waals surface area contributed by atoms with Crippen molar-refractivity contribution in [3.8, 4) is 0 Å². The van der Waals surface area contributed by atoms with Gasteiger partial charge in [-0.1, -0.05) is 0 Å². The van der Waals surface area contributed by atoms with Gasteiger partial charge in [0.1, 0.15) is 0 Å². The Labute approximate surface area is 71.6 Å². The Hall–Kier alpha value is -0.320. The molecule has 1 N–H and O–H groups in total. The Morgan fingerprint density at radius 1 is 1.73 bits per heavy atom. The largest absolute Gasteiger partial charge is 0.435 e. The number of rotatable bonds is 1. The first-order valence-corrected chi connectivity index (χ1v) is 3.28. The fourth-order valence-corrected chi connectivity index (χ4v) is 0.802. The van der Waals surface area contributed by atoms with E-state index in [9.17, 15) is 4.79 Å². The van der Waals surface area contributed by atoms with Crippen LogP contribution in [0.5, 0.6) is 0 Å². The van der Waals surface area contributed by atoms with Crippen LogP contribution in [0.4, 0.5) is 0 Å². The van der Waals surface area contributed by atoms with Crippen LogP contribution in [0.15, 0.2) is 0 Å². The van der Waals surface area contributed by atoms with Crippen LogP contribution in [-0.2, 0) is 14.3 Å². The van der Waals surface area contributed by atoms with Gasteiger partial charge in [-0.3, -0.25) is 4.79 Å². The third kappa shape index (κ3) is 4.19. The first kappa shape index (κ1) is 10.7. The van der Waals surface area contributed by atoms with Gasteiger partial charge in [0.2, 0.25) is 6.29 Å². The lowest BCUT2D eigenvalue weighted by molar-refractivity contribution is -0.180. The van der Waals surface area contributed by atoms with Gasteiger partial charge in [0.15, 0.2) is 0 Å². The third-order valence-electron chi connectivity index (χ3n) is 1.19. The molecule has 0 aromatic carbocycles. The summed E-state index contributed by atoms with van der Waals surface area (Å²) < 4.78 is 9.85. The van der Waals surface area contributed by atoms with Crippen molar-refractivity contribution in [2.75, 3.05) is 19.7 Å². The number of hydrogen-bond acceptors (Lipinski definition) is 4. The van der Waals surface area contributed by atoms with E-state index in [2.05, 4.69) is 5.32 Å². The van der Waals surface area contributed by atoms with Crippen molar-refractivity contribution in [2.45, 2.75) is 13.2 Å². The molecule has 0 aliphatic carbocycles. The second-order valence-electron chi connectivity index (χ2n) is 2.11. The summed E-state index contributed by atoms with van der Waals surface area (Å²) in [5.74, 6) is -0.297. The summed E-state index contributed by atoms with van der Waals surface area (Å²) >= 11 is 0. The third-order valence-corrected chi connectivity index (χ3v) is 1.19. The van der Waals surface area contributed by atoms with Crippen LogP contribution >= 0.6 is 12.4 Å². The molecule has 1 aliphatic heterocycles. The molecule has 0 radical (unpaired) electrons. The van der Waals surface area contributed by atoms with Crippen molar-refractivity contribution in [3.63, 3.8) is 0 Å². The molecule has 1 saturated heterocycles. The lowest BCUT2D eigenvalue weighted by Gasteiger charge is -2.22. The molecule has 1 aliphatic rings. The van der Waals surface area contributed by atoms with Crippen LogP contribution < -0.4 is 5.32 Å². The average Bonchev–Trinajstić information content (AvgIpc) is 1.88. The molecule has 0 saturated carbocycles. The van der Waals surface area contributed by atoms with Gasteiger partial charge in [-0.25, -0.2) is 0 Å². The Balaban J connectivity index is 0.000001000. The summed E-state index contributed by atoms with van der Waals surface area (Å²) in [6.07, 6.45) is -0.383. The zero-order chi connectivity index (χ0) is 7.40. The van der Waals surface area contributed by atoms with E-state index in [-0.39, 0.29) is 24.7 Å². The number of hydrogen-bond donors (Lipinski definition) is 1. The zero-order valence-corrected chi connectivity index (χ0v) is 7.15. The van der Waals surface area contributed by atoms with E-state index in [0.29, 0.717) is 13.2 Å². The summed E-state index contributed by atoms with van der Waals surface area (Å²) in [7, 11) is 0. The van der Waals surface area contributed by atoms with E-state index < -0.39 is 0 Å². The van der Waals surface area contributed by atoms with Gasteiger partial charge in [0.25, 0.3) is 0 Å². The quantitative estimate of drug-likeness (QED) is 0.575. The highest BCUT2D eigenvalue weighted by molar-refractivity contribution is 5.85. The summed E-state index contributed by atoms with van der Waals surface area (Å²) in [6, 6.07) is 0. The maximum atomic E-state index is 10.4. The molecule has 0 aromatic rings.